The van der Waals surface area contributed by atoms with Crippen LogP contribution in [0.25, 0.3) is 0 Å². The van der Waals surface area contributed by atoms with E-state index in [-0.39, 0.29) is 23.8 Å². The first-order chi connectivity index (χ1) is 10.4. The Labute approximate surface area is 140 Å². The number of amides is 2. The van der Waals surface area contributed by atoms with Gasteiger partial charge in [0, 0.05) is 30.4 Å². The number of primary amides is 1. The van der Waals surface area contributed by atoms with Crippen LogP contribution in [-0.2, 0) is 16.1 Å². The average Bonchev–Trinajstić information content (AvgIpc) is 2.90. The second kappa shape index (κ2) is 7.44. The lowest BCUT2D eigenvalue weighted by Crippen LogP contribution is -2.49. The van der Waals surface area contributed by atoms with Crippen molar-refractivity contribution in [3.8, 4) is 0 Å². The molecule has 2 heterocycles. The van der Waals surface area contributed by atoms with E-state index in [1.54, 1.807) is 0 Å². The van der Waals surface area contributed by atoms with Crippen LogP contribution >= 0.6 is 22.9 Å². The Balaban J connectivity index is 1.87. The van der Waals surface area contributed by atoms with Crippen LogP contribution in [0.2, 0.25) is 4.34 Å². The number of rotatable bonds is 5. The highest BCUT2D eigenvalue weighted by Gasteiger charge is 2.29. The molecule has 1 fully saturated rings. The number of halogens is 1. The Morgan fingerprint density at radius 3 is 2.59 bits per heavy atom. The highest BCUT2D eigenvalue weighted by Crippen LogP contribution is 2.23. The number of thiophene rings is 1. The zero-order chi connectivity index (χ0) is 16.3. The molecule has 5 nitrogen and oxygen atoms in total. The van der Waals surface area contributed by atoms with Crippen LogP contribution in [-0.4, -0.2) is 47.8 Å². The molecule has 0 saturated carbocycles. The second-order valence-corrected chi connectivity index (χ2v) is 7.60. The van der Waals surface area contributed by atoms with Crippen LogP contribution in [0.4, 0.5) is 0 Å². The summed E-state index contributed by atoms with van der Waals surface area (Å²) in [6.45, 7) is 3.82. The van der Waals surface area contributed by atoms with Crippen molar-refractivity contribution < 1.29 is 9.59 Å². The van der Waals surface area contributed by atoms with Gasteiger partial charge < -0.3 is 10.6 Å². The van der Waals surface area contributed by atoms with Crippen LogP contribution < -0.4 is 5.73 Å². The summed E-state index contributed by atoms with van der Waals surface area (Å²) in [4.78, 5) is 28.7. The van der Waals surface area contributed by atoms with Gasteiger partial charge in [-0.2, -0.15) is 0 Å². The third-order valence-corrected chi connectivity index (χ3v) is 5.48. The molecule has 0 radical (unpaired) electrons. The third-order valence-electron chi connectivity index (χ3n) is 4.26. The molecule has 7 heteroatoms. The molecule has 0 spiro atoms. The lowest BCUT2D eigenvalue weighted by Gasteiger charge is -2.34. The molecule has 0 aromatic carbocycles. The lowest BCUT2D eigenvalue weighted by molar-refractivity contribution is -0.139. The van der Waals surface area contributed by atoms with E-state index in [4.69, 9.17) is 17.3 Å². The summed E-state index contributed by atoms with van der Waals surface area (Å²) >= 11 is 7.47. The standard InChI is InChI=1S/C15H22ClN3O2S/c1-10(18(2)9-12-3-4-13(16)22-12)15(21)19-7-5-11(6-8-19)14(17)20/h3-4,10-11H,5-9H2,1-2H3,(H2,17,20)/t10-/m0/s1. The molecule has 0 aliphatic carbocycles. The number of likely N-dealkylation sites (N-methyl/N-ethyl adjacent to an activating group) is 1. The van der Waals surface area contributed by atoms with Gasteiger partial charge in [0.25, 0.3) is 0 Å². The van der Waals surface area contributed by atoms with Gasteiger partial charge in [-0.1, -0.05) is 11.6 Å². The fraction of sp³-hybridized carbons (Fsp3) is 0.600. The van der Waals surface area contributed by atoms with Crippen molar-refractivity contribution in [3.63, 3.8) is 0 Å². The van der Waals surface area contributed by atoms with E-state index in [0.29, 0.717) is 32.5 Å². The molecule has 1 aliphatic heterocycles. The van der Waals surface area contributed by atoms with Crippen molar-refractivity contribution in [3.05, 3.63) is 21.3 Å². The molecule has 22 heavy (non-hydrogen) atoms. The lowest BCUT2D eigenvalue weighted by atomic mass is 9.96. The van der Waals surface area contributed by atoms with Gasteiger partial charge in [-0.05, 0) is 38.9 Å². The Hall–Kier alpha value is -1.11. The Morgan fingerprint density at radius 2 is 2.09 bits per heavy atom. The summed E-state index contributed by atoms with van der Waals surface area (Å²) in [6.07, 6.45) is 1.33. The van der Waals surface area contributed by atoms with Crippen molar-refractivity contribution in [2.75, 3.05) is 20.1 Å². The van der Waals surface area contributed by atoms with E-state index in [1.807, 2.05) is 35.9 Å². The minimum atomic E-state index is -0.258. The number of nitrogens with two attached hydrogens (primary N) is 1. The molecule has 0 unspecified atom stereocenters. The van der Waals surface area contributed by atoms with Crippen molar-refractivity contribution in [1.82, 2.24) is 9.80 Å². The van der Waals surface area contributed by atoms with Crippen LogP contribution in [0.3, 0.4) is 0 Å². The molecule has 2 amide bonds. The maximum Gasteiger partial charge on any atom is 0.239 e. The number of hydrogen-bond donors (Lipinski definition) is 1. The number of likely N-dealkylation sites (tertiary alicyclic amines) is 1. The fourth-order valence-corrected chi connectivity index (χ4v) is 3.81. The van der Waals surface area contributed by atoms with Gasteiger partial charge in [0.2, 0.25) is 11.8 Å². The van der Waals surface area contributed by atoms with Gasteiger partial charge in [0.05, 0.1) is 10.4 Å². The van der Waals surface area contributed by atoms with Crippen molar-refractivity contribution in [1.29, 1.82) is 0 Å². The smallest absolute Gasteiger partial charge is 0.239 e. The number of carbonyl (C=O) groups is 2. The van der Waals surface area contributed by atoms with E-state index in [0.717, 1.165) is 9.21 Å². The average molecular weight is 344 g/mol. The minimum Gasteiger partial charge on any atom is -0.369 e. The number of hydrogen-bond acceptors (Lipinski definition) is 4. The first kappa shape index (κ1) is 17.2. The SMILES string of the molecule is C[C@@H](C(=O)N1CCC(C(N)=O)CC1)N(C)Cc1ccc(Cl)s1. The van der Waals surface area contributed by atoms with Gasteiger partial charge in [-0.3, -0.25) is 14.5 Å². The molecular weight excluding hydrogens is 322 g/mol. The van der Waals surface area contributed by atoms with Crippen LogP contribution in [0.15, 0.2) is 12.1 Å². The van der Waals surface area contributed by atoms with Crippen molar-refractivity contribution in [2.24, 2.45) is 11.7 Å². The molecule has 1 saturated heterocycles. The fourth-order valence-electron chi connectivity index (χ4n) is 2.66. The molecular formula is C15H22ClN3O2S. The molecule has 0 bridgehead atoms. The van der Waals surface area contributed by atoms with E-state index < -0.39 is 0 Å². The summed E-state index contributed by atoms with van der Waals surface area (Å²) in [7, 11) is 1.94. The summed E-state index contributed by atoms with van der Waals surface area (Å²) in [5.41, 5.74) is 5.32. The largest absolute Gasteiger partial charge is 0.369 e. The minimum absolute atomic E-state index is 0.0923. The van der Waals surface area contributed by atoms with Gasteiger partial charge >= 0.3 is 0 Å². The summed E-state index contributed by atoms with van der Waals surface area (Å²) in [5.74, 6) is -0.245. The van der Waals surface area contributed by atoms with Gasteiger partial charge in [0.1, 0.15) is 0 Å². The molecule has 2 N–H and O–H groups in total. The topological polar surface area (TPSA) is 66.6 Å². The molecule has 122 valence electrons. The maximum atomic E-state index is 12.6. The zero-order valence-corrected chi connectivity index (χ0v) is 14.5. The molecule has 1 atom stereocenters. The highest BCUT2D eigenvalue weighted by atomic mass is 35.5. The summed E-state index contributed by atoms with van der Waals surface area (Å²) < 4.78 is 0.760. The molecule has 1 aliphatic rings. The second-order valence-electron chi connectivity index (χ2n) is 5.80. The Morgan fingerprint density at radius 1 is 1.45 bits per heavy atom. The van der Waals surface area contributed by atoms with Gasteiger partial charge in [-0.25, -0.2) is 0 Å². The number of carbonyl (C=O) groups excluding carboxylic acids is 2. The predicted octanol–water partition coefficient (Wildman–Crippen LogP) is 1.95. The van der Waals surface area contributed by atoms with Gasteiger partial charge in [0.15, 0.2) is 0 Å². The van der Waals surface area contributed by atoms with E-state index in [1.165, 1.54) is 11.3 Å². The first-order valence-corrected chi connectivity index (χ1v) is 8.60. The van der Waals surface area contributed by atoms with E-state index in [9.17, 15) is 9.59 Å². The predicted molar refractivity (Wildman–Crippen MR) is 88.8 cm³/mol. The Kier molecular flexibility index (Phi) is 5.83. The number of piperidine rings is 1. The van der Waals surface area contributed by atoms with Gasteiger partial charge in [-0.15, -0.1) is 11.3 Å². The maximum absolute atomic E-state index is 12.6. The highest BCUT2D eigenvalue weighted by molar-refractivity contribution is 7.16. The molecule has 1 aromatic rings. The number of nitrogens with zero attached hydrogens (tertiary/aromatic N) is 2. The zero-order valence-electron chi connectivity index (χ0n) is 12.9. The normalized spacial score (nSPS) is 17.7. The summed E-state index contributed by atoms with van der Waals surface area (Å²) in [6, 6.07) is 3.65. The first-order valence-electron chi connectivity index (χ1n) is 7.41. The van der Waals surface area contributed by atoms with E-state index >= 15 is 0 Å². The van der Waals surface area contributed by atoms with Crippen LogP contribution in [0, 0.1) is 5.92 Å². The summed E-state index contributed by atoms with van der Waals surface area (Å²) in [5, 5.41) is 0. The molecule has 2 rings (SSSR count). The third kappa shape index (κ3) is 4.21. The van der Waals surface area contributed by atoms with Crippen LogP contribution in [0.1, 0.15) is 24.6 Å². The van der Waals surface area contributed by atoms with Crippen molar-refractivity contribution in [2.45, 2.75) is 32.4 Å². The monoisotopic (exact) mass is 343 g/mol. The van der Waals surface area contributed by atoms with Crippen LogP contribution in [0.5, 0.6) is 0 Å². The Bertz CT molecular complexity index is 541. The molecule has 1 aromatic heterocycles. The van der Waals surface area contributed by atoms with E-state index in [2.05, 4.69) is 0 Å². The van der Waals surface area contributed by atoms with Crippen molar-refractivity contribution >= 4 is 34.8 Å². The quantitative estimate of drug-likeness (QED) is 0.888.